The number of aromatic nitrogens is 2. The molecule has 6 heteroatoms. The highest BCUT2D eigenvalue weighted by Gasteiger charge is 2.37. The van der Waals surface area contributed by atoms with Gasteiger partial charge in [0.15, 0.2) is 0 Å². The molecule has 0 aliphatic heterocycles. The number of amides is 2. The minimum atomic E-state index is -0.737. The highest BCUT2D eigenvalue weighted by atomic mass is 16.3. The summed E-state index contributed by atoms with van der Waals surface area (Å²) in [4.78, 5) is 12.7. The lowest BCUT2D eigenvalue weighted by Gasteiger charge is -2.38. The molecule has 0 radical (unpaired) electrons. The van der Waals surface area contributed by atoms with Crippen molar-refractivity contribution in [2.24, 2.45) is 7.05 Å². The van der Waals surface area contributed by atoms with Crippen molar-refractivity contribution < 1.29 is 9.90 Å². The second-order valence-electron chi connectivity index (χ2n) is 7.09. The van der Waals surface area contributed by atoms with Crippen LogP contribution in [-0.4, -0.2) is 27.5 Å². The number of aryl methyl sites for hydroxylation is 2. The molecule has 1 aliphatic rings. The van der Waals surface area contributed by atoms with Crippen LogP contribution < -0.4 is 10.6 Å². The highest BCUT2D eigenvalue weighted by molar-refractivity contribution is 5.90. The number of aliphatic hydroxyl groups is 1. The van der Waals surface area contributed by atoms with Crippen LogP contribution >= 0.6 is 0 Å². The maximum atomic E-state index is 12.7. The van der Waals surface area contributed by atoms with E-state index in [4.69, 9.17) is 0 Å². The fourth-order valence-electron chi connectivity index (χ4n) is 3.65. The molecule has 1 heterocycles. The second kappa shape index (κ2) is 6.88. The number of carbonyl (C=O) groups excluding carboxylic acids is 1. The molecule has 6 nitrogen and oxygen atoms in total. The molecule has 1 aliphatic carbocycles. The fourth-order valence-corrected chi connectivity index (χ4v) is 3.65. The summed E-state index contributed by atoms with van der Waals surface area (Å²) in [5.41, 5.74) is 3.01. The number of benzene rings is 1. The Labute approximate surface area is 148 Å². The molecule has 2 aromatic rings. The van der Waals surface area contributed by atoms with Gasteiger partial charge in [0.25, 0.3) is 0 Å². The number of nitrogens with one attached hydrogen (secondary N) is 2. The van der Waals surface area contributed by atoms with Gasteiger partial charge in [0.1, 0.15) is 0 Å². The Balaban J connectivity index is 1.83. The van der Waals surface area contributed by atoms with Gasteiger partial charge in [-0.25, -0.2) is 4.79 Å². The first kappa shape index (κ1) is 17.5. The van der Waals surface area contributed by atoms with Gasteiger partial charge in [0.2, 0.25) is 0 Å². The average Bonchev–Trinajstić information content (AvgIpc) is 2.95. The third-order valence-corrected chi connectivity index (χ3v) is 4.86. The van der Waals surface area contributed by atoms with Gasteiger partial charge in [-0.3, -0.25) is 4.68 Å². The normalized spacial score (nSPS) is 19.6. The van der Waals surface area contributed by atoms with Crippen LogP contribution in [0.15, 0.2) is 30.5 Å². The molecule has 1 aromatic carbocycles. The van der Waals surface area contributed by atoms with Crippen LogP contribution in [-0.2, 0) is 19.0 Å². The lowest BCUT2D eigenvalue weighted by Crippen LogP contribution is -2.52. The molecule has 1 atom stereocenters. The summed E-state index contributed by atoms with van der Waals surface area (Å²) in [6.45, 7) is 3.96. The van der Waals surface area contributed by atoms with E-state index in [1.165, 1.54) is 5.56 Å². The summed E-state index contributed by atoms with van der Waals surface area (Å²) in [5, 5.41) is 20.4. The molecule has 0 unspecified atom stereocenters. The van der Waals surface area contributed by atoms with E-state index in [-0.39, 0.29) is 18.6 Å². The average molecular weight is 342 g/mol. The molecule has 3 rings (SSSR count). The van der Waals surface area contributed by atoms with Crippen LogP contribution in [0.3, 0.4) is 0 Å². The largest absolute Gasteiger partial charge is 0.394 e. The van der Waals surface area contributed by atoms with Crippen molar-refractivity contribution in [1.82, 2.24) is 15.1 Å². The molecule has 0 bridgehead atoms. The summed E-state index contributed by atoms with van der Waals surface area (Å²) in [5.74, 6) is 0.207. The Hall–Kier alpha value is -2.34. The fraction of sp³-hybridized carbons (Fsp3) is 0.474. The molecule has 134 valence electrons. The van der Waals surface area contributed by atoms with Crippen LogP contribution in [0.25, 0.3) is 0 Å². The van der Waals surface area contributed by atoms with E-state index in [2.05, 4.69) is 21.8 Å². The van der Waals surface area contributed by atoms with Crippen LogP contribution in [0.4, 0.5) is 10.5 Å². The minimum Gasteiger partial charge on any atom is -0.394 e. The number of nitrogens with zero attached hydrogens (tertiary/aromatic N) is 2. The minimum absolute atomic E-state index is 0.124. The predicted octanol–water partition coefficient (Wildman–Crippen LogP) is 2.89. The second-order valence-corrected chi connectivity index (χ2v) is 7.09. The molecular formula is C19H26N4O2. The molecule has 0 spiro atoms. The number of rotatable bonds is 4. The van der Waals surface area contributed by atoms with Crippen LogP contribution in [0.2, 0.25) is 0 Å². The van der Waals surface area contributed by atoms with E-state index < -0.39 is 5.54 Å². The quantitative estimate of drug-likeness (QED) is 0.799. The smallest absolute Gasteiger partial charge is 0.320 e. The summed E-state index contributed by atoms with van der Waals surface area (Å²) < 4.78 is 1.70. The molecule has 3 N–H and O–H groups in total. The Bertz CT molecular complexity index is 769. The van der Waals surface area contributed by atoms with Crippen LogP contribution in [0.1, 0.15) is 49.4 Å². The topological polar surface area (TPSA) is 79.2 Å². The molecule has 0 saturated heterocycles. The molecule has 2 amide bonds. The van der Waals surface area contributed by atoms with Gasteiger partial charge in [0.05, 0.1) is 23.5 Å². The van der Waals surface area contributed by atoms with Crippen LogP contribution in [0, 0.1) is 0 Å². The van der Waals surface area contributed by atoms with Gasteiger partial charge >= 0.3 is 6.03 Å². The first-order valence-corrected chi connectivity index (χ1v) is 8.77. The van der Waals surface area contributed by atoms with Gasteiger partial charge in [-0.05, 0) is 36.3 Å². The predicted molar refractivity (Wildman–Crippen MR) is 97.6 cm³/mol. The van der Waals surface area contributed by atoms with Crippen molar-refractivity contribution in [2.45, 2.75) is 44.6 Å². The van der Waals surface area contributed by atoms with Crippen molar-refractivity contribution in [1.29, 1.82) is 0 Å². The van der Waals surface area contributed by atoms with Gasteiger partial charge in [-0.15, -0.1) is 0 Å². The van der Waals surface area contributed by atoms with Gasteiger partial charge < -0.3 is 15.7 Å². The van der Waals surface area contributed by atoms with Gasteiger partial charge in [0, 0.05) is 13.2 Å². The Morgan fingerprint density at radius 3 is 2.88 bits per heavy atom. The lowest BCUT2D eigenvalue weighted by atomic mass is 9.77. The third kappa shape index (κ3) is 3.39. The first-order valence-electron chi connectivity index (χ1n) is 8.77. The Kier molecular flexibility index (Phi) is 4.81. The lowest BCUT2D eigenvalue weighted by molar-refractivity contribution is 0.147. The molecule has 0 saturated carbocycles. The number of anilines is 1. The molecule has 1 aromatic heterocycles. The van der Waals surface area contributed by atoms with E-state index in [1.54, 1.807) is 10.9 Å². The number of urea groups is 1. The summed E-state index contributed by atoms with van der Waals surface area (Å²) in [7, 11) is 1.83. The zero-order valence-electron chi connectivity index (χ0n) is 15.0. The maximum Gasteiger partial charge on any atom is 0.320 e. The standard InChI is InChI=1S/C19H26N4O2/c1-13(2)17-16(11-23(3)22-17)20-18(25)21-19(12-24)10-6-8-14-7-4-5-9-15(14)19/h4-5,7,9,11,13,24H,6,8,10,12H2,1-3H3,(H2,20,21,25)/t19-/m1/s1. The third-order valence-electron chi connectivity index (χ3n) is 4.86. The van der Waals surface area contributed by atoms with E-state index in [0.29, 0.717) is 5.69 Å². The number of carbonyl (C=O) groups is 1. The van der Waals surface area contributed by atoms with E-state index >= 15 is 0 Å². The highest BCUT2D eigenvalue weighted by Crippen LogP contribution is 2.35. The number of hydrogen-bond acceptors (Lipinski definition) is 3. The summed E-state index contributed by atoms with van der Waals surface area (Å²) >= 11 is 0. The number of hydrogen-bond donors (Lipinski definition) is 3. The number of fused-ring (bicyclic) bond motifs is 1. The maximum absolute atomic E-state index is 12.7. The van der Waals surface area contributed by atoms with Crippen molar-refractivity contribution in [2.75, 3.05) is 11.9 Å². The van der Waals surface area contributed by atoms with Gasteiger partial charge in [-0.1, -0.05) is 38.1 Å². The zero-order chi connectivity index (χ0) is 18.0. The van der Waals surface area contributed by atoms with Crippen molar-refractivity contribution in [3.05, 3.63) is 47.3 Å². The Morgan fingerprint density at radius 1 is 1.40 bits per heavy atom. The van der Waals surface area contributed by atoms with E-state index in [0.717, 1.165) is 30.5 Å². The Morgan fingerprint density at radius 2 is 2.16 bits per heavy atom. The van der Waals surface area contributed by atoms with Crippen LogP contribution in [0.5, 0.6) is 0 Å². The van der Waals surface area contributed by atoms with E-state index in [1.807, 2.05) is 39.1 Å². The van der Waals surface area contributed by atoms with Crippen molar-refractivity contribution in [3.8, 4) is 0 Å². The SMILES string of the molecule is CC(C)c1nn(C)cc1NC(=O)N[C@@]1(CO)CCCc2ccccc21. The zero-order valence-corrected chi connectivity index (χ0v) is 15.0. The number of aliphatic hydroxyl groups excluding tert-OH is 1. The monoisotopic (exact) mass is 342 g/mol. The summed E-state index contributed by atoms with van der Waals surface area (Å²) in [6.07, 6.45) is 4.43. The van der Waals surface area contributed by atoms with Crippen molar-refractivity contribution >= 4 is 11.7 Å². The van der Waals surface area contributed by atoms with E-state index in [9.17, 15) is 9.90 Å². The van der Waals surface area contributed by atoms with Crippen molar-refractivity contribution in [3.63, 3.8) is 0 Å². The molecular weight excluding hydrogens is 316 g/mol. The molecule has 0 fully saturated rings. The molecule has 25 heavy (non-hydrogen) atoms. The van der Waals surface area contributed by atoms with Gasteiger partial charge in [-0.2, -0.15) is 5.10 Å². The first-order chi connectivity index (χ1) is 11.9. The summed E-state index contributed by atoms with van der Waals surface area (Å²) in [6, 6.07) is 7.69.